The number of fused-ring (bicyclic) bond motifs is 1. The van der Waals surface area contributed by atoms with Crippen molar-refractivity contribution in [1.82, 2.24) is 20.3 Å². The molecule has 9 nitrogen and oxygen atoms in total. The topological polar surface area (TPSA) is 139 Å². The van der Waals surface area contributed by atoms with E-state index >= 15 is 0 Å². The standard InChI is InChI=1S/C25H25N7O2S/c1-15(2)29-22(33)14-34-20-9-17(12-28-13-20)23-31-24(21-7-8-35-25(21)32-23)30-19-5-3-16(4-6-19)18(10-26)11-27/h3-13,15,26H,14,27H2,1-2H3,(H,29,33)(H,30,31,32)/b18-11+,26-10?. The third kappa shape index (κ3) is 5.79. The minimum Gasteiger partial charge on any atom is -0.482 e. The molecule has 0 saturated heterocycles. The van der Waals surface area contributed by atoms with Crippen molar-refractivity contribution in [2.75, 3.05) is 11.9 Å². The average molecular weight is 488 g/mol. The quantitative estimate of drug-likeness (QED) is 0.257. The highest BCUT2D eigenvalue weighted by Crippen LogP contribution is 2.31. The second-order valence-corrected chi connectivity index (χ2v) is 8.82. The van der Waals surface area contributed by atoms with Gasteiger partial charge in [0.1, 0.15) is 16.4 Å². The second kappa shape index (κ2) is 10.7. The Morgan fingerprint density at radius 3 is 2.71 bits per heavy atom. The maximum atomic E-state index is 11.9. The molecule has 0 aliphatic rings. The van der Waals surface area contributed by atoms with Crippen LogP contribution in [0.4, 0.5) is 11.5 Å². The van der Waals surface area contributed by atoms with Crippen LogP contribution in [0.15, 0.2) is 60.4 Å². The number of rotatable bonds is 9. The molecule has 0 unspecified atom stereocenters. The number of nitrogens with one attached hydrogen (secondary N) is 3. The molecule has 0 bridgehead atoms. The summed E-state index contributed by atoms with van der Waals surface area (Å²) in [6.07, 6.45) is 5.83. The summed E-state index contributed by atoms with van der Waals surface area (Å²) < 4.78 is 5.61. The highest BCUT2D eigenvalue weighted by Gasteiger charge is 2.13. The van der Waals surface area contributed by atoms with E-state index < -0.39 is 0 Å². The Balaban J connectivity index is 1.59. The number of amides is 1. The Kier molecular flexibility index (Phi) is 7.32. The van der Waals surface area contributed by atoms with Crippen molar-refractivity contribution in [2.24, 2.45) is 5.73 Å². The number of nitrogens with zero attached hydrogens (tertiary/aromatic N) is 3. The van der Waals surface area contributed by atoms with E-state index in [1.807, 2.05) is 49.6 Å². The molecule has 0 fully saturated rings. The van der Waals surface area contributed by atoms with Gasteiger partial charge in [-0.15, -0.1) is 11.3 Å². The highest BCUT2D eigenvalue weighted by molar-refractivity contribution is 7.16. The summed E-state index contributed by atoms with van der Waals surface area (Å²) in [5, 5.41) is 16.5. The monoisotopic (exact) mass is 487 g/mol. The lowest BCUT2D eigenvalue weighted by molar-refractivity contribution is -0.123. The highest BCUT2D eigenvalue weighted by atomic mass is 32.1. The minimum atomic E-state index is -0.200. The van der Waals surface area contributed by atoms with Gasteiger partial charge < -0.3 is 26.5 Å². The number of benzene rings is 1. The molecular formula is C25H25N7O2S. The van der Waals surface area contributed by atoms with Crippen LogP contribution in [0, 0.1) is 5.41 Å². The summed E-state index contributed by atoms with van der Waals surface area (Å²) in [5.74, 6) is 1.40. The molecule has 1 amide bonds. The fourth-order valence-corrected chi connectivity index (χ4v) is 4.09. The lowest BCUT2D eigenvalue weighted by Gasteiger charge is -2.11. The summed E-state index contributed by atoms with van der Waals surface area (Å²) in [6, 6.07) is 11.4. The van der Waals surface area contributed by atoms with Gasteiger partial charge in [-0.05, 0) is 49.1 Å². The summed E-state index contributed by atoms with van der Waals surface area (Å²) in [7, 11) is 0. The van der Waals surface area contributed by atoms with Crippen LogP contribution in [0.1, 0.15) is 19.4 Å². The van der Waals surface area contributed by atoms with Crippen LogP contribution in [0.2, 0.25) is 0 Å². The molecule has 0 saturated carbocycles. The molecule has 178 valence electrons. The number of allylic oxidation sites excluding steroid dienone is 1. The number of carbonyl (C=O) groups is 1. The molecule has 0 atom stereocenters. The largest absolute Gasteiger partial charge is 0.482 e. The van der Waals surface area contributed by atoms with Crippen LogP contribution in [-0.4, -0.2) is 39.7 Å². The first kappa shape index (κ1) is 23.8. The fourth-order valence-electron chi connectivity index (χ4n) is 3.32. The van der Waals surface area contributed by atoms with Gasteiger partial charge in [-0.1, -0.05) is 12.1 Å². The summed E-state index contributed by atoms with van der Waals surface area (Å²) in [6.45, 7) is 3.68. The Morgan fingerprint density at radius 1 is 1.20 bits per heavy atom. The molecule has 0 aliphatic heterocycles. The minimum absolute atomic E-state index is 0.0405. The lowest BCUT2D eigenvalue weighted by atomic mass is 10.1. The lowest BCUT2D eigenvalue weighted by Crippen LogP contribution is -2.34. The molecule has 4 rings (SSSR count). The molecule has 0 spiro atoms. The summed E-state index contributed by atoms with van der Waals surface area (Å²) in [5.41, 5.74) is 8.57. The molecule has 3 heterocycles. The maximum Gasteiger partial charge on any atom is 0.258 e. The van der Waals surface area contributed by atoms with Crippen LogP contribution in [0.3, 0.4) is 0 Å². The SMILES string of the molecule is CC(C)NC(=O)COc1cncc(-c2nc(Nc3ccc(/C(C=N)=C/N)cc3)c3ccsc3n2)c1. The van der Waals surface area contributed by atoms with Crippen molar-refractivity contribution in [3.05, 3.63) is 65.9 Å². The van der Waals surface area contributed by atoms with Crippen molar-refractivity contribution >= 4 is 50.8 Å². The van der Waals surface area contributed by atoms with Crippen LogP contribution >= 0.6 is 11.3 Å². The molecule has 1 aromatic carbocycles. The van der Waals surface area contributed by atoms with Gasteiger partial charge in [0, 0.05) is 41.5 Å². The Hall–Kier alpha value is -4.31. The van der Waals surface area contributed by atoms with E-state index in [9.17, 15) is 4.79 Å². The number of nitrogens with two attached hydrogens (primary N) is 1. The number of ether oxygens (including phenoxy) is 1. The van der Waals surface area contributed by atoms with Crippen molar-refractivity contribution in [2.45, 2.75) is 19.9 Å². The van der Waals surface area contributed by atoms with E-state index in [0.29, 0.717) is 28.5 Å². The van der Waals surface area contributed by atoms with Gasteiger partial charge in [-0.2, -0.15) is 0 Å². The molecule has 5 N–H and O–H groups in total. The maximum absolute atomic E-state index is 11.9. The van der Waals surface area contributed by atoms with Crippen LogP contribution in [0.25, 0.3) is 27.2 Å². The van der Waals surface area contributed by atoms with Gasteiger partial charge in [0.25, 0.3) is 5.91 Å². The van der Waals surface area contributed by atoms with Gasteiger partial charge in [0.15, 0.2) is 12.4 Å². The van der Waals surface area contributed by atoms with Gasteiger partial charge in [0.05, 0.1) is 11.6 Å². The fraction of sp³-hybridized carbons (Fsp3) is 0.160. The first-order valence-corrected chi connectivity index (χ1v) is 11.8. The first-order chi connectivity index (χ1) is 17.0. The molecule has 35 heavy (non-hydrogen) atoms. The van der Waals surface area contributed by atoms with E-state index in [1.54, 1.807) is 18.5 Å². The number of anilines is 2. The number of thiophene rings is 1. The second-order valence-electron chi connectivity index (χ2n) is 7.92. The molecule has 0 radical (unpaired) electrons. The van der Waals surface area contributed by atoms with E-state index in [0.717, 1.165) is 21.5 Å². The van der Waals surface area contributed by atoms with Crippen LogP contribution < -0.4 is 21.1 Å². The van der Waals surface area contributed by atoms with Crippen molar-refractivity contribution in [1.29, 1.82) is 5.41 Å². The molecule has 0 aliphatic carbocycles. The number of carbonyl (C=O) groups excluding carboxylic acids is 1. The number of aromatic nitrogens is 3. The molecule has 10 heteroatoms. The van der Waals surface area contributed by atoms with E-state index in [2.05, 4.69) is 20.6 Å². The van der Waals surface area contributed by atoms with Crippen LogP contribution in [0.5, 0.6) is 5.75 Å². The zero-order valence-electron chi connectivity index (χ0n) is 19.3. The van der Waals surface area contributed by atoms with Gasteiger partial charge in [0.2, 0.25) is 0 Å². The zero-order chi connectivity index (χ0) is 24.8. The van der Waals surface area contributed by atoms with Crippen molar-refractivity contribution in [3.8, 4) is 17.1 Å². The first-order valence-electron chi connectivity index (χ1n) is 10.9. The Bertz CT molecular complexity index is 1380. The average Bonchev–Trinajstić information content (AvgIpc) is 3.33. The predicted octanol–water partition coefficient (Wildman–Crippen LogP) is 4.35. The predicted molar refractivity (Wildman–Crippen MR) is 140 cm³/mol. The Morgan fingerprint density at radius 2 is 2.00 bits per heavy atom. The van der Waals surface area contributed by atoms with E-state index in [1.165, 1.54) is 23.8 Å². The van der Waals surface area contributed by atoms with Gasteiger partial charge in [-0.3, -0.25) is 9.78 Å². The Labute approximate surface area is 206 Å². The smallest absolute Gasteiger partial charge is 0.258 e. The summed E-state index contributed by atoms with van der Waals surface area (Å²) in [4.78, 5) is 26.4. The normalized spacial score (nSPS) is 11.5. The van der Waals surface area contributed by atoms with Crippen molar-refractivity contribution in [3.63, 3.8) is 0 Å². The molecular weight excluding hydrogens is 462 g/mol. The van der Waals surface area contributed by atoms with E-state index in [4.69, 9.17) is 20.9 Å². The molecule has 3 aromatic heterocycles. The number of hydrogen-bond acceptors (Lipinski definition) is 9. The number of hydrogen-bond donors (Lipinski definition) is 4. The third-order valence-electron chi connectivity index (χ3n) is 4.93. The van der Waals surface area contributed by atoms with Crippen LogP contribution in [-0.2, 0) is 4.79 Å². The van der Waals surface area contributed by atoms with Gasteiger partial charge in [-0.25, -0.2) is 9.97 Å². The third-order valence-corrected chi connectivity index (χ3v) is 5.74. The van der Waals surface area contributed by atoms with E-state index in [-0.39, 0.29) is 18.6 Å². The van der Waals surface area contributed by atoms with Crippen molar-refractivity contribution < 1.29 is 9.53 Å². The zero-order valence-corrected chi connectivity index (χ0v) is 20.1. The molecule has 4 aromatic rings. The van der Waals surface area contributed by atoms with Gasteiger partial charge >= 0.3 is 0 Å². The number of pyridine rings is 1. The summed E-state index contributed by atoms with van der Waals surface area (Å²) >= 11 is 1.52.